The molecule has 2 aliphatic rings. The molecule has 3 rings (SSSR count). The summed E-state index contributed by atoms with van der Waals surface area (Å²) in [6, 6.07) is 10.7. The summed E-state index contributed by atoms with van der Waals surface area (Å²) in [5.74, 6) is 1.00. The highest BCUT2D eigenvalue weighted by molar-refractivity contribution is 7.57. The van der Waals surface area contributed by atoms with Crippen LogP contribution in [0.15, 0.2) is 35.3 Å². The number of hydrogen-bond donors (Lipinski definition) is 0. The summed E-state index contributed by atoms with van der Waals surface area (Å²) >= 11 is 0. The van der Waals surface area contributed by atoms with Gasteiger partial charge in [-0.2, -0.15) is 0 Å². The van der Waals surface area contributed by atoms with E-state index in [9.17, 15) is 0 Å². The summed E-state index contributed by atoms with van der Waals surface area (Å²) in [7, 11) is 0.226. The largest absolute Gasteiger partial charge is 0.478 e. The molecule has 2 nitrogen and oxygen atoms in total. The first kappa shape index (κ1) is 12.2. The molecule has 0 saturated carbocycles. The number of benzene rings is 1. The molecule has 0 N–H and O–H groups in total. The predicted octanol–water partition coefficient (Wildman–Crippen LogP) is 3.82. The lowest BCUT2D eigenvalue weighted by Crippen LogP contribution is -2.09. The molecular weight excluding hydrogens is 241 g/mol. The van der Waals surface area contributed by atoms with Crippen molar-refractivity contribution < 1.29 is 4.74 Å². The van der Waals surface area contributed by atoms with E-state index < -0.39 is 0 Å². The van der Waals surface area contributed by atoms with Crippen molar-refractivity contribution in [2.24, 2.45) is 4.99 Å². The Hall–Kier alpha value is -0.880. The minimum atomic E-state index is 0.226. The summed E-state index contributed by atoms with van der Waals surface area (Å²) in [6.45, 7) is 3.16. The summed E-state index contributed by atoms with van der Waals surface area (Å²) in [5.41, 5.74) is 2.13. The molecule has 3 atom stereocenters. The van der Waals surface area contributed by atoms with Gasteiger partial charge in [0.1, 0.15) is 12.6 Å². The van der Waals surface area contributed by atoms with Crippen LogP contribution in [0.3, 0.4) is 0 Å². The van der Waals surface area contributed by atoms with Gasteiger partial charge in [-0.05, 0) is 36.9 Å². The fourth-order valence-electron chi connectivity index (χ4n) is 2.82. The lowest BCUT2D eigenvalue weighted by atomic mass is 10.1. The van der Waals surface area contributed by atoms with Gasteiger partial charge >= 0.3 is 0 Å². The van der Waals surface area contributed by atoms with E-state index in [2.05, 4.69) is 30.9 Å². The minimum Gasteiger partial charge on any atom is -0.478 e. The first-order valence-corrected chi connectivity index (χ1v) is 8.82. The third kappa shape index (κ3) is 2.59. The molecule has 3 heteroatoms. The first-order chi connectivity index (χ1) is 8.83. The Kier molecular flexibility index (Phi) is 3.65. The van der Waals surface area contributed by atoms with Crippen LogP contribution in [0.5, 0.6) is 0 Å². The van der Waals surface area contributed by atoms with Crippen molar-refractivity contribution in [3.8, 4) is 0 Å². The van der Waals surface area contributed by atoms with Crippen molar-refractivity contribution in [2.45, 2.75) is 31.0 Å². The van der Waals surface area contributed by atoms with Crippen molar-refractivity contribution >= 4 is 13.8 Å². The summed E-state index contributed by atoms with van der Waals surface area (Å²) in [6.07, 6.45) is 5.30. The van der Waals surface area contributed by atoms with Crippen LogP contribution in [0.4, 0.5) is 0 Å². The van der Waals surface area contributed by atoms with Crippen LogP contribution in [-0.4, -0.2) is 31.0 Å². The first-order valence-electron chi connectivity index (χ1n) is 6.77. The molecule has 2 aliphatic heterocycles. The molecule has 0 aromatic heterocycles. The SMILES string of the molecule is C[P@]1CCC[C@@H]1CC1=N[C@@H](c2ccccc2)CO1. The monoisotopic (exact) mass is 261 g/mol. The van der Waals surface area contributed by atoms with Crippen LogP contribution < -0.4 is 0 Å². The van der Waals surface area contributed by atoms with E-state index in [0.29, 0.717) is 0 Å². The molecule has 0 aliphatic carbocycles. The second-order valence-corrected chi connectivity index (χ2v) is 7.93. The number of hydrogen-bond acceptors (Lipinski definition) is 2. The zero-order chi connectivity index (χ0) is 12.4. The summed E-state index contributed by atoms with van der Waals surface area (Å²) in [5, 5.41) is 0. The third-order valence-corrected chi connectivity index (χ3v) is 6.68. The number of ether oxygens (including phenoxy) is 1. The fourth-order valence-corrected chi connectivity index (χ4v) is 4.96. The maximum absolute atomic E-state index is 5.79. The van der Waals surface area contributed by atoms with E-state index in [-0.39, 0.29) is 14.0 Å². The summed E-state index contributed by atoms with van der Waals surface area (Å²) < 4.78 is 5.79. The highest BCUT2D eigenvalue weighted by Gasteiger charge is 2.28. The lowest BCUT2D eigenvalue weighted by Gasteiger charge is -2.14. The number of aliphatic imine (C=N–C) groups is 1. The van der Waals surface area contributed by atoms with Crippen LogP contribution in [0.2, 0.25) is 0 Å². The van der Waals surface area contributed by atoms with Crippen LogP contribution in [0, 0.1) is 0 Å². The number of rotatable bonds is 3. The van der Waals surface area contributed by atoms with Crippen LogP contribution >= 0.6 is 7.92 Å². The van der Waals surface area contributed by atoms with Crippen LogP contribution in [-0.2, 0) is 4.74 Å². The van der Waals surface area contributed by atoms with E-state index in [1.54, 1.807) is 0 Å². The molecule has 0 spiro atoms. The van der Waals surface area contributed by atoms with Crippen LogP contribution in [0.25, 0.3) is 0 Å². The maximum atomic E-state index is 5.79. The molecule has 0 amide bonds. The van der Waals surface area contributed by atoms with E-state index in [0.717, 1.165) is 24.6 Å². The number of nitrogens with zero attached hydrogens (tertiary/aromatic N) is 1. The van der Waals surface area contributed by atoms with Crippen molar-refractivity contribution in [1.82, 2.24) is 0 Å². The molecule has 96 valence electrons. The zero-order valence-electron chi connectivity index (χ0n) is 10.9. The zero-order valence-corrected chi connectivity index (χ0v) is 11.8. The molecule has 1 saturated heterocycles. The van der Waals surface area contributed by atoms with E-state index in [1.807, 2.05) is 6.07 Å². The Morgan fingerprint density at radius 2 is 2.17 bits per heavy atom. The average Bonchev–Trinajstić information content (AvgIpc) is 3.02. The lowest BCUT2D eigenvalue weighted by molar-refractivity contribution is 0.311. The standard InChI is InChI=1S/C15H20NOP/c1-18-9-5-8-13(18)10-15-16-14(11-17-15)12-6-3-2-4-7-12/h2-4,6-7,13-14H,5,8-11H2,1H3/t13-,14-,18-/m1/s1. The molecule has 0 radical (unpaired) electrons. The topological polar surface area (TPSA) is 21.6 Å². The fraction of sp³-hybridized carbons (Fsp3) is 0.533. The van der Waals surface area contributed by atoms with Crippen molar-refractivity contribution in [2.75, 3.05) is 19.4 Å². The normalized spacial score (nSPS) is 31.2. The predicted molar refractivity (Wildman–Crippen MR) is 77.9 cm³/mol. The van der Waals surface area contributed by atoms with Gasteiger partial charge in [0, 0.05) is 6.42 Å². The Balaban J connectivity index is 1.65. The molecule has 1 aromatic carbocycles. The molecule has 2 heterocycles. The summed E-state index contributed by atoms with van der Waals surface area (Å²) in [4.78, 5) is 4.76. The van der Waals surface area contributed by atoms with E-state index in [4.69, 9.17) is 9.73 Å². The van der Waals surface area contributed by atoms with Crippen LogP contribution in [0.1, 0.15) is 30.9 Å². The van der Waals surface area contributed by atoms with Gasteiger partial charge in [0.05, 0.1) is 0 Å². The van der Waals surface area contributed by atoms with Gasteiger partial charge in [-0.25, -0.2) is 4.99 Å². The van der Waals surface area contributed by atoms with Gasteiger partial charge in [-0.15, -0.1) is 7.92 Å². The van der Waals surface area contributed by atoms with Gasteiger partial charge in [-0.3, -0.25) is 0 Å². The molecule has 1 fully saturated rings. The van der Waals surface area contributed by atoms with Gasteiger partial charge in [-0.1, -0.05) is 30.3 Å². The van der Waals surface area contributed by atoms with Gasteiger partial charge in [0.25, 0.3) is 0 Å². The van der Waals surface area contributed by atoms with E-state index >= 15 is 0 Å². The van der Waals surface area contributed by atoms with E-state index in [1.165, 1.54) is 24.6 Å². The van der Waals surface area contributed by atoms with Gasteiger partial charge in [0.15, 0.2) is 5.90 Å². The molecule has 0 bridgehead atoms. The van der Waals surface area contributed by atoms with Crippen molar-refractivity contribution in [1.29, 1.82) is 0 Å². The second-order valence-electron chi connectivity index (χ2n) is 5.24. The molecule has 0 unspecified atom stereocenters. The minimum absolute atomic E-state index is 0.226. The Morgan fingerprint density at radius 1 is 1.33 bits per heavy atom. The average molecular weight is 261 g/mol. The molecular formula is C15H20NOP. The Bertz CT molecular complexity index is 431. The third-order valence-electron chi connectivity index (χ3n) is 3.97. The quantitative estimate of drug-likeness (QED) is 0.758. The highest BCUT2D eigenvalue weighted by Crippen LogP contribution is 2.48. The Labute approximate surface area is 110 Å². The molecule has 18 heavy (non-hydrogen) atoms. The maximum Gasteiger partial charge on any atom is 0.184 e. The van der Waals surface area contributed by atoms with Crippen molar-refractivity contribution in [3.63, 3.8) is 0 Å². The second kappa shape index (κ2) is 5.40. The highest BCUT2D eigenvalue weighted by atomic mass is 31.1. The Morgan fingerprint density at radius 3 is 2.89 bits per heavy atom. The molecule has 1 aromatic rings. The smallest absolute Gasteiger partial charge is 0.184 e. The van der Waals surface area contributed by atoms with Crippen molar-refractivity contribution in [3.05, 3.63) is 35.9 Å². The van der Waals surface area contributed by atoms with Gasteiger partial charge in [0.2, 0.25) is 0 Å². The van der Waals surface area contributed by atoms with Gasteiger partial charge < -0.3 is 4.74 Å².